The van der Waals surface area contributed by atoms with Crippen LogP contribution in [0.2, 0.25) is 0 Å². The molecule has 1 aromatic rings. The van der Waals surface area contributed by atoms with Crippen LogP contribution in [0.1, 0.15) is 51.3 Å². The molecule has 1 aromatic heterocycles. The van der Waals surface area contributed by atoms with Crippen LogP contribution in [0.15, 0.2) is 12.1 Å². The molecule has 0 radical (unpaired) electrons. The lowest BCUT2D eigenvalue weighted by molar-refractivity contribution is 0.294. The zero-order valence-electron chi connectivity index (χ0n) is 12.0. The second-order valence-corrected chi connectivity index (χ2v) is 4.49. The third kappa shape index (κ3) is 5.50. The van der Waals surface area contributed by atoms with Crippen LogP contribution in [-0.4, -0.2) is 18.1 Å². The van der Waals surface area contributed by atoms with Crippen molar-refractivity contribution in [3.05, 3.63) is 23.4 Å². The first kappa shape index (κ1) is 15.0. The normalized spacial score (nSPS) is 10.6. The Kier molecular flexibility index (Phi) is 7.42. The maximum Gasteiger partial charge on any atom is 0.213 e. The van der Waals surface area contributed by atoms with Gasteiger partial charge in [-0.2, -0.15) is 0 Å². The summed E-state index contributed by atoms with van der Waals surface area (Å²) >= 11 is 0. The van der Waals surface area contributed by atoms with Crippen LogP contribution in [0.4, 0.5) is 0 Å². The summed E-state index contributed by atoms with van der Waals surface area (Å²) in [4.78, 5) is 4.51. The van der Waals surface area contributed by atoms with Gasteiger partial charge in [-0.3, -0.25) is 0 Å². The number of pyridine rings is 1. The number of aryl methyl sites for hydroxylation is 1. The van der Waals surface area contributed by atoms with Crippen molar-refractivity contribution in [1.82, 2.24) is 10.3 Å². The molecule has 0 aromatic carbocycles. The highest BCUT2D eigenvalue weighted by molar-refractivity contribution is 5.25. The molecule has 0 amide bonds. The lowest BCUT2D eigenvalue weighted by Gasteiger charge is -2.09. The molecule has 102 valence electrons. The third-order valence-corrected chi connectivity index (χ3v) is 2.85. The molecule has 0 saturated heterocycles. The molecular formula is C15H26N2O. The summed E-state index contributed by atoms with van der Waals surface area (Å²) < 4.78 is 5.73. The van der Waals surface area contributed by atoms with Crippen molar-refractivity contribution in [1.29, 1.82) is 0 Å². The number of hydrogen-bond acceptors (Lipinski definition) is 3. The van der Waals surface area contributed by atoms with E-state index in [4.69, 9.17) is 4.74 Å². The molecule has 0 fully saturated rings. The largest absolute Gasteiger partial charge is 0.478 e. The van der Waals surface area contributed by atoms with Crippen molar-refractivity contribution in [2.45, 2.75) is 53.0 Å². The average Bonchev–Trinajstić information content (AvgIpc) is 2.41. The molecule has 0 aliphatic rings. The van der Waals surface area contributed by atoms with Gasteiger partial charge in [0.1, 0.15) is 0 Å². The molecule has 1 N–H and O–H groups in total. The fraction of sp³-hybridized carbons (Fsp3) is 0.667. The Morgan fingerprint density at radius 1 is 1.17 bits per heavy atom. The molecule has 18 heavy (non-hydrogen) atoms. The quantitative estimate of drug-likeness (QED) is 0.683. The zero-order valence-corrected chi connectivity index (χ0v) is 12.0. The van der Waals surface area contributed by atoms with Crippen molar-refractivity contribution in [2.24, 2.45) is 0 Å². The number of rotatable bonds is 9. The van der Waals surface area contributed by atoms with Crippen molar-refractivity contribution in [3.63, 3.8) is 0 Å². The van der Waals surface area contributed by atoms with E-state index in [1.54, 1.807) is 0 Å². The molecule has 1 rings (SSSR count). The highest BCUT2D eigenvalue weighted by atomic mass is 16.5. The van der Waals surface area contributed by atoms with E-state index in [-0.39, 0.29) is 0 Å². The van der Waals surface area contributed by atoms with Crippen LogP contribution in [0.3, 0.4) is 0 Å². The van der Waals surface area contributed by atoms with Gasteiger partial charge in [0.25, 0.3) is 0 Å². The van der Waals surface area contributed by atoms with Gasteiger partial charge in [0.05, 0.1) is 6.61 Å². The Bertz CT molecular complexity index is 339. The fourth-order valence-corrected chi connectivity index (χ4v) is 1.78. The summed E-state index contributed by atoms with van der Waals surface area (Å²) in [6.45, 7) is 9.08. The first-order valence-electron chi connectivity index (χ1n) is 7.13. The van der Waals surface area contributed by atoms with Gasteiger partial charge in [-0.25, -0.2) is 4.98 Å². The lowest BCUT2D eigenvalue weighted by atomic mass is 10.2. The minimum Gasteiger partial charge on any atom is -0.478 e. The topological polar surface area (TPSA) is 34.1 Å². The van der Waals surface area contributed by atoms with Gasteiger partial charge in [0, 0.05) is 18.3 Å². The van der Waals surface area contributed by atoms with E-state index in [0.717, 1.165) is 44.1 Å². The standard InChI is InChI=1S/C15H26N2O/c1-4-7-8-9-18-15-11-13(12-16-6-3)10-14(5-2)17-15/h10-11,16H,4-9,12H2,1-3H3. The molecule has 0 unspecified atom stereocenters. The van der Waals surface area contributed by atoms with Crippen molar-refractivity contribution >= 4 is 0 Å². The number of nitrogens with zero attached hydrogens (tertiary/aromatic N) is 1. The summed E-state index contributed by atoms with van der Waals surface area (Å²) in [6, 6.07) is 4.20. The Morgan fingerprint density at radius 2 is 2.00 bits per heavy atom. The predicted molar refractivity (Wildman–Crippen MR) is 76.0 cm³/mol. The third-order valence-electron chi connectivity index (χ3n) is 2.85. The Balaban J connectivity index is 2.58. The van der Waals surface area contributed by atoms with Crippen LogP contribution in [0, 0.1) is 0 Å². The minimum absolute atomic E-state index is 0.772. The Morgan fingerprint density at radius 3 is 2.67 bits per heavy atom. The van der Waals surface area contributed by atoms with Gasteiger partial charge < -0.3 is 10.1 Å². The summed E-state index contributed by atoms with van der Waals surface area (Å²) in [5, 5.41) is 3.34. The van der Waals surface area contributed by atoms with Crippen LogP contribution < -0.4 is 10.1 Å². The van der Waals surface area contributed by atoms with E-state index in [9.17, 15) is 0 Å². The summed E-state index contributed by atoms with van der Waals surface area (Å²) in [7, 11) is 0. The summed E-state index contributed by atoms with van der Waals surface area (Å²) in [5.41, 5.74) is 2.37. The maximum atomic E-state index is 5.73. The number of unbranched alkanes of at least 4 members (excludes halogenated alkanes) is 2. The average molecular weight is 250 g/mol. The van der Waals surface area contributed by atoms with Gasteiger partial charge in [-0.05, 0) is 31.0 Å². The van der Waals surface area contributed by atoms with Gasteiger partial charge in [0.15, 0.2) is 0 Å². The summed E-state index contributed by atoms with van der Waals surface area (Å²) in [5.74, 6) is 0.776. The van der Waals surface area contributed by atoms with E-state index < -0.39 is 0 Å². The molecule has 3 nitrogen and oxygen atoms in total. The number of nitrogens with one attached hydrogen (secondary N) is 1. The van der Waals surface area contributed by atoms with Crippen molar-refractivity contribution in [3.8, 4) is 5.88 Å². The molecular weight excluding hydrogens is 224 g/mol. The predicted octanol–water partition coefficient (Wildman–Crippen LogP) is 3.32. The second-order valence-electron chi connectivity index (χ2n) is 4.49. The van der Waals surface area contributed by atoms with Crippen molar-refractivity contribution < 1.29 is 4.74 Å². The van der Waals surface area contributed by atoms with E-state index in [2.05, 4.69) is 37.1 Å². The van der Waals surface area contributed by atoms with Crippen LogP contribution >= 0.6 is 0 Å². The molecule has 0 bridgehead atoms. The molecule has 0 aliphatic heterocycles. The molecule has 0 saturated carbocycles. The molecule has 0 spiro atoms. The molecule has 3 heteroatoms. The van der Waals surface area contributed by atoms with E-state index in [1.165, 1.54) is 18.4 Å². The fourth-order valence-electron chi connectivity index (χ4n) is 1.78. The van der Waals surface area contributed by atoms with Crippen LogP contribution in [-0.2, 0) is 13.0 Å². The van der Waals surface area contributed by atoms with Gasteiger partial charge in [0.2, 0.25) is 5.88 Å². The number of hydrogen-bond donors (Lipinski definition) is 1. The molecule has 0 aliphatic carbocycles. The van der Waals surface area contributed by atoms with E-state index in [0.29, 0.717) is 0 Å². The SMILES string of the molecule is CCCCCOc1cc(CNCC)cc(CC)n1. The Labute approximate surface area is 111 Å². The smallest absolute Gasteiger partial charge is 0.213 e. The maximum absolute atomic E-state index is 5.73. The van der Waals surface area contributed by atoms with Crippen molar-refractivity contribution in [2.75, 3.05) is 13.2 Å². The number of aromatic nitrogens is 1. The zero-order chi connectivity index (χ0) is 13.2. The van der Waals surface area contributed by atoms with Crippen LogP contribution in [0.25, 0.3) is 0 Å². The first-order valence-corrected chi connectivity index (χ1v) is 7.13. The van der Waals surface area contributed by atoms with Gasteiger partial charge in [-0.1, -0.05) is 33.6 Å². The summed E-state index contributed by atoms with van der Waals surface area (Å²) in [6.07, 6.45) is 4.50. The van der Waals surface area contributed by atoms with Crippen LogP contribution in [0.5, 0.6) is 5.88 Å². The first-order chi connectivity index (χ1) is 8.80. The van der Waals surface area contributed by atoms with E-state index in [1.807, 2.05) is 6.07 Å². The Hall–Kier alpha value is -1.09. The highest BCUT2D eigenvalue weighted by Gasteiger charge is 2.02. The highest BCUT2D eigenvalue weighted by Crippen LogP contribution is 2.14. The monoisotopic (exact) mass is 250 g/mol. The van der Waals surface area contributed by atoms with E-state index >= 15 is 0 Å². The number of ether oxygens (including phenoxy) is 1. The molecule has 1 heterocycles. The second kappa shape index (κ2) is 8.92. The van der Waals surface area contributed by atoms with Gasteiger partial charge in [-0.15, -0.1) is 0 Å². The lowest BCUT2D eigenvalue weighted by Crippen LogP contribution is -2.12. The van der Waals surface area contributed by atoms with Gasteiger partial charge >= 0.3 is 0 Å². The minimum atomic E-state index is 0.772. The molecule has 0 atom stereocenters.